The van der Waals surface area contributed by atoms with Crippen LogP contribution in [0.3, 0.4) is 0 Å². The standard InChI is InChI=1S/C16H21NO5/c1-20-13-5-3-4-11(8-13)9-14(16(19)21-2)17-15(18)12-6-7-22-10-12/h3-5,8,12,14H,6-7,9-10H2,1-2H3,(H,17,18)/t12-,14+/m1/s1. The van der Waals surface area contributed by atoms with Gasteiger partial charge < -0.3 is 19.5 Å². The minimum absolute atomic E-state index is 0.171. The number of rotatable bonds is 6. The molecule has 1 heterocycles. The molecule has 1 saturated heterocycles. The van der Waals surface area contributed by atoms with E-state index in [1.54, 1.807) is 7.11 Å². The van der Waals surface area contributed by atoms with E-state index in [-0.39, 0.29) is 11.8 Å². The van der Waals surface area contributed by atoms with E-state index in [1.165, 1.54) is 7.11 Å². The summed E-state index contributed by atoms with van der Waals surface area (Å²) >= 11 is 0. The minimum Gasteiger partial charge on any atom is -0.497 e. The van der Waals surface area contributed by atoms with Crippen LogP contribution in [-0.2, 0) is 25.5 Å². The molecule has 0 unspecified atom stereocenters. The molecule has 1 aliphatic heterocycles. The Morgan fingerprint density at radius 3 is 2.86 bits per heavy atom. The van der Waals surface area contributed by atoms with Gasteiger partial charge in [-0.05, 0) is 24.1 Å². The zero-order valence-corrected chi connectivity index (χ0v) is 12.8. The Kier molecular flexibility index (Phi) is 5.77. The van der Waals surface area contributed by atoms with Gasteiger partial charge in [-0.15, -0.1) is 0 Å². The smallest absolute Gasteiger partial charge is 0.328 e. The fourth-order valence-electron chi connectivity index (χ4n) is 2.40. The van der Waals surface area contributed by atoms with Crippen molar-refractivity contribution in [3.05, 3.63) is 29.8 Å². The van der Waals surface area contributed by atoms with Crippen LogP contribution in [0.1, 0.15) is 12.0 Å². The second-order valence-electron chi connectivity index (χ2n) is 5.20. The van der Waals surface area contributed by atoms with Gasteiger partial charge in [0.2, 0.25) is 5.91 Å². The van der Waals surface area contributed by atoms with Crippen molar-refractivity contribution < 1.29 is 23.8 Å². The maximum atomic E-state index is 12.2. The fraction of sp³-hybridized carbons (Fsp3) is 0.500. The second kappa shape index (κ2) is 7.79. The lowest BCUT2D eigenvalue weighted by Crippen LogP contribution is -2.45. The molecule has 1 N–H and O–H groups in total. The Hall–Kier alpha value is -2.08. The first-order chi connectivity index (χ1) is 10.6. The Balaban J connectivity index is 2.05. The van der Waals surface area contributed by atoms with Gasteiger partial charge in [0.25, 0.3) is 0 Å². The van der Waals surface area contributed by atoms with E-state index >= 15 is 0 Å². The van der Waals surface area contributed by atoms with Gasteiger partial charge in [0.1, 0.15) is 11.8 Å². The van der Waals surface area contributed by atoms with Crippen molar-refractivity contribution in [2.45, 2.75) is 18.9 Å². The van der Waals surface area contributed by atoms with Crippen LogP contribution in [0.5, 0.6) is 5.75 Å². The lowest BCUT2D eigenvalue weighted by atomic mass is 10.0. The number of amides is 1. The van der Waals surface area contributed by atoms with Crippen LogP contribution in [0.15, 0.2) is 24.3 Å². The first-order valence-electron chi connectivity index (χ1n) is 7.23. The molecule has 0 saturated carbocycles. The third-order valence-corrected chi connectivity index (χ3v) is 3.68. The highest BCUT2D eigenvalue weighted by Crippen LogP contribution is 2.16. The predicted molar refractivity (Wildman–Crippen MR) is 79.6 cm³/mol. The van der Waals surface area contributed by atoms with Gasteiger partial charge in [-0.1, -0.05) is 12.1 Å². The van der Waals surface area contributed by atoms with Crippen molar-refractivity contribution in [1.29, 1.82) is 0 Å². The molecular formula is C16H21NO5. The molecule has 2 rings (SSSR count). The fourth-order valence-corrected chi connectivity index (χ4v) is 2.40. The van der Waals surface area contributed by atoms with Crippen molar-refractivity contribution in [3.8, 4) is 5.75 Å². The zero-order valence-electron chi connectivity index (χ0n) is 12.8. The summed E-state index contributed by atoms with van der Waals surface area (Å²) in [4.78, 5) is 24.1. The maximum absolute atomic E-state index is 12.2. The number of carbonyl (C=O) groups excluding carboxylic acids is 2. The zero-order chi connectivity index (χ0) is 15.9. The maximum Gasteiger partial charge on any atom is 0.328 e. The number of nitrogens with one attached hydrogen (secondary N) is 1. The van der Waals surface area contributed by atoms with Gasteiger partial charge in [-0.25, -0.2) is 4.79 Å². The number of hydrogen-bond acceptors (Lipinski definition) is 5. The summed E-state index contributed by atoms with van der Waals surface area (Å²) in [5, 5.41) is 2.76. The van der Waals surface area contributed by atoms with E-state index in [9.17, 15) is 9.59 Å². The average Bonchev–Trinajstić information content (AvgIpc) is 3.08. The Morgan fingerprint density at radius 1 is 1.41 bits per heavy atom. The lowest BCUT2D eigenvalue weighted by Gasteiger charge is -2.18. The Bertz CT molecular complexity index is 525. The van der Waals surface area contributed by atoms with Crippen LogP contribution >= 0.6 is 0 Å². The van der Waals surface area contributed by atoms with Crippen molar-refractivity contribution in [2.24, 2.45) is 5.92 Å². The summed E-state index contributed by atoms with van der Waals surface area (Å²) in [6, 6.07) is 6.66. The number of ether oxygens (including phenoxy) is 3. The van der Waals surface area contributed by atoms with E-state index in [1.807, 2.05) is 24.3 Å². The highest BCUT2D eigenvalue weighted by Gasteiger charge is 2.28. The molecule has 22 heavy (non-hydrogen) atoms. The number of hydrogen-bond donors (Lipinski definition) is 1. The minimum atomic E-state index is -0.717. The molecule has 1 fully saturated rings. The largest absolute Gasteiger partial charge is 0.497 e. The van der Waals surface area contributed by atoms with Crippen LogP contribution in [0, 0.1) is 5.92 Å². The van der Waals surface area contributed by atoms with E-state index in [4.69, 9.17) is 14.2 Å². The van der Waals surface area contributed by atoms with Crippen molar-refractivity contribution in [2.75, 3.05) is 27.4 Å². The number of methoxy groups -OCH3 is 2. The van der Waals surface area contributed by atoms with Gasteiger partial charge in [-0.2, -0.15) is 0 Å². The third kappa shape index (κ3) is 4.21. The van der Waals surface area contributed by atoms with Gasteiger partial charge in [0, 0.05) is 13.0 Å². The molecule has 2 atom stereocenters. The van der Waals surface area contributed by atoms with Crippen molar-refractivity contribution in [3.63, 3.8) is 0 Å². The van der Waals surface area contributed by atoms with Gasteiger partial charge >= 0.3 is 5.97 Å². The van der Waals surface area contributed by atoms with Gasteiger partial charge in [0.05, 0.1) is 26.7 Å². The Morgan fingerprint density at radius 2 is 2.23 bits per heavy atom. The first kappa shape index (κ1) is 16.3. The molecule has 0 aliphatic carbocycles. The molecular weight excluding hydrogens is 286 g/mol. The average molecular weight is 307 g/mol. The first-order valence-corrected chi connectivity index (χ1v) is 7.23. The predicted octanol–water partition coefficient (Wildman–Crippen LogP) is 0.932. The normalized spacial score (nSPS) is 18.5. The molecule has 6 nitrogen and oxygen atoms in total. The SMILES string of the molecule is COC(=O)[C@H](Cc1cccc(OC)c1)NC(=O)[C@@H]1CCOC1. The molecule has 1 amide bonds. The summed E-state index contributed by atoms with van der Waals surface area (Å²) in [5.41, 5.74) is 0.887. The summed E-state index contributed by atoms with van der Waals surface area (Å²) in [5.74, 6) is -0.125. The van der Waals surface area contributed by atoms with E-state index in [0.29, 0.717) is 31.8 Å². The van der Waals surface area contributed by atoms with E-state index < -0.39 is 12.0 Å². The molecule has 1 aromatic carbocycles. The summed E-state index contributed by atoms with van der Waals surface area (Å²) < 4.78 is 15.2. The molecule has 0 radical (unpaired) electrons. The molecule has 0 bridgehead atoms. The summed E-state index contributed by atoms with van der Waals surface area (Å²) in [7, 11) is 2.89. The molecule has 120 valence electrons. The van der Waals surface area contributed by atoms with Crippen LogP contribution in [-0.4, -0.2) is 45.4 Å². The molecule has 1 aliphatic rings. The summed E-state index contributed by atoms with van der Waals surface area (Å²) in [6.45, 7) is 0.982. The van der Waals surface area contributed by atoms with Crippen LogP contribution in [0.4, 0.5) is 0 Å². The molecule has 6 heteroatoms. The summed E-state index contributed by atoms with van der Waals surface area (Å²) in [6.07, 6.45) is 1.03. The number of carbonyl (C=O) groups is 2. The van der Waals surface area contributed by atoms with Crippen molar-refractivity contribution >= 4 is 11.9 Å². The van der Waals surface area contributed by atoms with Gasteiger partial charge in [0.15, 0.2) is 0 Å². The highest BCUT2D eigenvalue weighted by molar-refractivity contribution is 5.86. The van der Waals surface area contributed by atoms with E-state index in [0.717, 1.165) is 5.56 Å². The van der Waals surface area contributed by atoms with Crippen molar-refractivity contribution in [1.82, 2.24) is 5.32 Å². The molecule has 1 aromatic rings. The second-order valence-corrected chi connectivity index (χ2v) is 5.20. The lowest BCUT2D eigenvalue weighted by molar-refractivity contribution is -0.145. The van der Waals surface area contributed by atoms with Crippen LogP contribution in [0.25, 0.3) is 0 Å². The number of esters is 1. The Labute approximate surface area is 129 Å². The van der Waals surface area contributed by atoms with E-state index in [2.05, 4.69) is 5.32 Å². The third-order valence-electron chi connectivity index (χ3n) is 3.68. The quantitative estimate of drug-likeness (QED) is 0.792. The van der Waals surface area contributed by atoms with Crippen LogP contribution < -0.4 is 10.1 Å². The molecule has 0 spiro atoms. The molecule has 0 aromatic heterocycles. The monoisotopic (exact) mass is 307 g/mol. The number of benzene rings is 1. The van der Waals surface area contributed by atoms with Crippen LogP contribution in [0.2, 0.25) is 0 Å². The topological polar surface area (TPSA) is 73.9 Å². The highest BCUT2D eigenvalue weighted by atomic mass is 16.5. The van der Waals surface area contributed by atoms with Gasteiger partial charge in [-0.3, -0.25) is 4.79 Å².